The van der Waals surface area contributed by atoms with Crippen molar-refractivity contribution < 1.29 is 9.47 Å². The second kappa shape index (κ2) is 7.48. The van der Waals surface area contributed by atoms with Crippen LogP contribution in [-0.2, 0) is 17.7 Å². The summed E-state index contributed by atoms with van der Waals surface area (Å²) in [5, 5.41) is 6.92. The first kappa shape index (κ1) is 14.3. The van der Waals surface area contributed by atoms with E-state index < -0.39 is 0 Å². The average Bonchev–Trinajstić information content (AvgIpc) is 2.48. The van der Waals surface area contributed by atoms with Gasteiger partial charge in [-0.1, -0.05) is 19.1 Å². The topological polar surface area (TPSA) is 42.5 Å². The van der Waals surface area contributed by atoms with Crippen LogP contribution in [0.15, 0.2) is 18.2 Å². The highest BCUT2D eigenvalue weighted by Gasteiger charge is 2.12. The Kier molecular flexibility index (Phi) is 5.63. The Balaban J connectivity index is 1.81. The van der Waals surface area contributed by atoms with Gasteiger partial charge in [-0.3, -0.25) is 0 Å². The zero-order chi connectivity index (χ0) is 13.5. The summed E-state index contributed by atoms with van der Waals surface area (Å²) in [5.74, 6) is 0.980. The molecule has 0 bridgehead atoms. The third kappa shape index (κ3) is 4.20. The van der Waals surface area contributed by atoms with E-state index in [1.807, 2.05) is 0 Å². The van der Waals surface area contributed by atoms with E-state index in [0.29, 0.717) is 6.04 Å². The summed E-state index contributed by atoms with van der Waals surface area (Å²) in [6, 6.07) is 6.82. The van der Waals surface area contributed by atoms with Crippen LogP contribution in [0, 0.1) is 0 Å². The van der Waals surface area contributed by atoms with Gasteiger partial charge in [0.1, 0.15) is 5.75 Å². The third-order valence-electron chi connectivity index (χ3n) is 3.44. The number of ether oxygens (including phenoxy) is 2. The molecule has 1 aromatic rings. The Bertz CT molecular complexity index is 390. The van der Waals surface area contributed by atoms with E-state index in [4.69, 9.17) is 9.47 Å². The minimum atomic E-state index is 0.428. The van der Waals surface area contributed by atoms with E-state index >= 15 is 0 Å². The minimum Gasteiger partial charge on any atom is -0.496 e. The number of nitrogens with one attached hydrogen (secondary N) is 2. The maximum absolute atomic E-state index is 5.43. The Hall–Kier alpha value is -1.10. The molecule has 1 heterocycles. The Morgan fingerprint density at radius 3 is 3.05 bits per heavy atom. The van der Waals surface area contributed by atoms with Crippen LogP contribution in [0.2, 0.25) is 0 Å². The summed E-state index contributed by atoms with van der Waals surface area (Å²) < 4.78 is 10.8. The lowest BCUT2D eigenvalue weighted by Gasteiger charge is -2.24. The summed E-state index contributed by atoms with van der Waals surface area (Å²) in [6.45, 7) is 6.56. The van der Waals surface area contributed by atoms with E-state index in [2.05, 4.69) is 35.8 Å². The average molecular weight is 264 g/mol. The Labute approximate surface area is 115 Å². The molecular weight excluding hydrogens is 240 g/mol. The monoisotopic (exact) mass is 264 g/mol. The normalized spacial score (nSPS) is 19.4. The fourth-order valence-electron chi connectivity index (χ4n) is 2.36. The second-order valence-corrected chi connectivity index (χ2v) is 4.86. The molecule has 1 aromatic carbocycles. The fraction of sp³-hybridized carbons (Fsp3) is 0.600. The van der Waals surface area contributed by atoms with Gasteiger partial charge in [-0.05, 0) is 23.6 Å². The van der Waals surface area contributed by atoms with Crippen LogP contribution in [0.25, 0.3) is 0 Å². The maximum atomic E-state index is 5.43. The molecule has 4 heteroatoms. The molecule has 0 spiro atoms. The molecule has 0 saturated carbocycles. The molecule has 1 aliphatic heterocycles. The first-order chi connectivity index (χ1) is 9.33. The van der Waals surface area contributed by atoms with Crippen molar-refractivity contribution in [2.45, 2.75) is 25.9 Å². The summed E-state index contributed by atoms with van der Waals surface area (Å²) in [4.78, 5) is 0. The first-order valence-electron chi connectivity index (χ1n) is 7.01. The van der Waals surface area contributed by atoms with Crippen molar-refractivity contribution in [1.29, 1.82) is 0 Å². The van der Waals surface area contributed by atoms with Crippen LogP contribution < -0.4 is 15.4 Å². The highest BCUT2D eigenvalue weighted by Crippen LogP contribution is 2.20. The summed E-state index contributed by atoms with van der Waals surface area (Å²) in [6.07, 6.45) is 0.995. The van der Waals surface area contributed by atoms with Crippen LogP contribution >= 0.6 is 0 Å². The maximum Gasteiger partial charge on any atom is 0.122 e. The van der Waals surface area contributed by atoms with Crippen LogP contribution in [0.3, 0.4) is 0 Å². The smallest absolute Gasteiger partial charge is 0.122 e. The van der Waals surface area contributed by atoms with Crippen LogP contribution in [0.4, 0.5) is 0 Å². The number of morpholine rings is 1. The SMILES string of the molecule is CCc1cc(CNCC2COCCN2)ccc1OC. The van der Waals surface area contributed by atoms with Crippen molar-refractivity contribution in [3.63, 3.8) is 0 Å². The zero-order valence-electron chi connectivity index (χ0n) is 11.9. The van der Waals surface area contributed by atoms with E-state index in [-0.39, 0.29) is 0 Å². The number of aryl methyl sites for hydroxylation is 1. The van der Waals surface area contributed by atoms with Crippen LogP contribution in [-0.4, -0.2) is 39.5 Å². The standard InChI is InChI=1S/C15H24N2O2/c1-3-13-8-12(4-5-15(13)18-2)9-16-10-14-11-19-7-6-17-14/h4-5,8,14,16-17H,3,6-7,9-11H2,1-2H3. The molecule has 1 atom stereocenters. The Morgan fingerprint density at radius 2 is 2.37 bits per heavy atom. The highest BCUT2D eigenvalue weighted by atomic mass is 16.5. The number of rotatable bonds is 6. The van der Waals surface area contributed by atoms with E-state index in [9.17, 15) is 0 Å². The van der Waals surface area contributed by atoms with Gasteiger partial charge in [0.05, 0.1) is 20.3 Å². The van der Waals surface area contributed by atoms with Crippen molar-refractivity contribution in [1.82, 2.24) is 10.6 Å². The quantitative estimate of drug-likeness (QED) is 0.813. The van der Waals surface area contributed by atoms with Gasteiger partial charge in [0.25, 0.3) is 0 Å². The lowest BCUT2D eigenvalue weighted by molar-refractivity contribution is 0.0766. The van der Waals surface area contributed by atoms with Gasteiger partial charge in [0, 0.05) is 25.7 Å². The molecule has 1 aliphatic rings. The van der Waals surface area contributed by atoms with Gasteiger partial charge >= 0.3 is 0 Å². The van der Waals surface area contributed by atoms with Crippen molar-refractivity contribution in [3.05, 3.63) is 29.3 Å². The van der Waals surface area contributed by atoms with Crippen LogP contribution in [0.1, 0.15) is 18.1 Å². The number of methoxy groups -OCH3 is 1. The molecule has 4 nitrogen and oxygen atoms in total. The molecule has 0 amide bonds. The van der Waals surface area contributed by atoms with Gasteiger partial charge in [-0.25, -0.2) is 0 Å². The fourth-order valence-corrected chi connectivity index (χ4v) is 2.36. The molecule has 2 rings (SSSR count). The summed E-state index contributed by atoms with van der Waals surface area (Å²) in [5.41, 5.74) is 2.57. The van der Waals surface area contributed by atoms with Gasteiger partial charge in [-0.2, -0.15) is 0 Å². The van der Waals surface area contributed by atoms with Crippen molar-refractivity contribution >= 4 is 0 Å². The van der Waals surface area contributed by atoms with E-state index in [1.54, 1.807) is 7.11 Å². The molecule has 2 N–H and O–H groups in total. The van der Waals surface area contributed by atoms with Gasteiger partial charge in [0.15, 0.2) is 0 Å². The molecule has 0 radical (unpaired) electrons. The number of benzene rings is 1. The van der Waals surface area contributed by atoms with Crippen molar-refractivity contribution in [2.24, 2.45) is 0 Å². The number of hydrogen-bond acceptors (Lipinski definition) is 4. The molecule has 1 unspecified atom stereocenters. The zero-order valence-corrected chi connectivity index (χ0v) is 11.9. The summed E-state index contributed by atoms with van der Waals surface area (Å²) >= 11 is 0. The molecule has 106 valence electrons. The molecular formula is C15H24N2O2. The molecule has 0 aromatic heterocycles. The molecule has 1 fully saturated rings. The van der Waals surface area contributed by atoms with Crippen LogP contribution in [0.5, 0.6) is 5.75 Å². The molecule has 1 saturated heterocycles. The third-order valence-corrected chi connectivity index (χ3v) is 3.44. The van der Waals surface area contributed by atoms with Gasteiger partial charge < -0.3 is 20.1 Å². The second-order valence-electron chi connectivity index (χ2n) is 4.86. The largest absolute Gasteiger partial charge is 0.496 e. The van der Waals surface area contributed by atoms with E-state index in [1.165, 1.54) is 11.1 Å². The molecule has 0 aliphatic carbocycles. The first-order valence-corrected chi connectivity index (χ1v) is 7.01. The lowest BCUT2D eigenvalue weighted by atomic mass is 10.1. The van der Waals surface area contributed by atoms with Gasteiger partial charge in [-0.15, -0.1) is 0 Å². The van der Waals surface area contributed by atoms with Crippen molar-refractivity contribution in [3.8, 4) is 5.75 Å². The lowest BCUT2D eigenvalue weighted by Crippen LogP contribution is -2.47. The van der Waals surface area contributed by atoms with Crippen molar-refractivity contribution in [2.75, 3.05) is 33.4 Å². The molecule has 19 heavy (non-hydrogen) atoms. The predicted molar refractivity (Wildman–Crippen MR) is 76.7 cm³/mol. The highest BCUT2D eigenvalue weighted by molar-refractivity contribution is 5.37. The van der Waals surface area contributed by atoms with E-state index in [0.717, 1.165) is 45.0 Å². The number of hydrogen-bond donors (Lipinski definition) is 2. The predicted octanol–water partition coefficient (Wildman–Crippen LogP) is 1.34. The van der Waals surface area contributed by atoms with Gasteiger partial charge in [0.2, 0.25) is 0 Å². The minimum absolute atomic E-state index is 0.428. The Morgan fingerprint density at radius 1 is 1.47 bits per heavy atom. The summed E-state index contributed by atoms with van der Waals surface area (Å²) in [7, 11) is 1.72.